The van der Waals surface area contributed by atoms with E-state index in [-0.39, 0.29) is 5.91 Å². The lowest BCUT2D eigenvalue weighted by Crippen LogP contribution is -2.46. The summed E-state index contributed by atoms with van der Waals surface area (Å²) in [7, 11) is 1.73. The van der Waals surface area contributed by atoms with Crippen molar-refractivity contribution in [3.63, 3.8) is 0 Å². The number of para-hydroxylation sites is 2. The molecule has 0 aromatic heterocycles. The Morgan fingerprint density at radius 1 is 1.10 bits per heavy atom. The SMILES string of the molecule is COc1ccccc1N1CCN(CCCCNC(=O)/C=C(\C)[C]2[CH][CH][CH][CH]2)CC1. The van der Waals surface area contributed by atoms with Crippen LogP contribution in [0.4, 0.5) is 5.69 Å². The average molecular weight is 395 g/mol. The van der Waals surface area contributed by atoms with Crippen LogP contribution in [0.3, 0.4) is 0 Å². The summed E-state index contributed by atoms with van der Waals surface area (Å²) in [5.74, 6) is 2.04. The summed E-state index contributed by atoms with van der Waals surface area (Å²) in [6.07, 6.45) is 11.8. The maximum atomic E-state index is 12.0. The van der Waals surface area contributed by atoms with Crippen molar-refractivity contribution in [2.75, 3.05) is 51.3 Å². The van der Waals surface area contributed by atoms with Crippen molar-refractivity contribution in [3.8, 4) is 5.75 Å². The fourth-order valence-corrected chi connectivity index (χ4v) is 3.74. The number of benzene rings is 1. The van der Waals surface area contributed by atoms with E-state index in [4.69, 9.17) is 4.74 Å². The number of nitrogens with zero attached hydrogens (tertiary/aromatic N) is 2. The van der Waals surface area contributed by atoms with Crippen LogP contribution in [0.2, 0.25) is 0 Å². The molecule has 1 N–H and O–H groups in total. The number of hydrogen-bond acceptors (Lipinski definition) is 4. The second kappa shape index (κ2) is 11.2. The Hall–Kier alpha value is -2.01. The van der Waals surface area contributed by atoms with E-state index in [9.17, 15) is 4.79 Å². The minimum Gasteiger partial charge on any atom is -0.495 e. The molecule has 155 valence electrons. The summed E-state index contributed by atoms with van der Waals surface area (Å²) in [6.45, 7) is 7.94. The molecular weight excluding hydrogens is 362 g/mol. The van der Waals surface area contributed by atoms with E-state index < -0.39 is 0 Å². The highest BCUT2D eigenvalue weighted by Crippen LogP contribution is 2.29. The lowest BCUT2D eigenvalue weighted by molar-refractivity contribution is -0.116. The second-order valence-corrected chi connectivity index (χ2v) is 7.50. The average Bonchev–Trinajstić information content (AvgIpc) is 3.29. The van der Waals surface area contributed by atoms with Gasteiger partial charge in [-0.15, -0.1) is 0 Å². The van der Waals surface area contributed by atoms with E-state index >= 15 is 0 Å². The van der Waals surface area contributed by atoms with Crippen molar-refractivity contribution in [1.29, 1.82) is 0 Å². The maximum absolute atomic E-state index is 12.0. The second-order valence-electron chi connectivity index (χ2n) is 7.50. The van der Waals surface area contributed by atoms with Crippen LogP contribution in [-0.2, 0) is 4.79 Å². The number of nitrogens with one attached hydrogen (secondary N) is 1. The first-order valence-corrected chi connectivity index (χ1v) is 10.5. The van der Waals surface area contributed by atoms with Gasteiger partial charge in [-0.25, -0.2) is 0 Å². The molecule has 1 aromatic carbocycles. The summed E-state index contributed by atoms with van der Waals surface area (Å²) in [5, 5.41) is 3.00. The first-order chi connectivity index (χ1) is 14.2. The summed E-state index contributed by atoms with van der Waals surface area (Å²) in [6, 6.07) is 8.23. The number of carbonyl (C=O) groups excluding carboxylic acids is 1. The molecule has 0 bridgehead atoms. The van der Waals surface area contributed by atoms with Gasteiger partial charge in [0.15, 0.2) is 0 Å². The van der Waals surface area contributed by atoms with E-state index in [1.807, 2.05) is 44.7 Å². The highest BCUT2D eigenvalue weighted by Gasteiger charge is 2.20. The number of carbonyl (C=O) groups is 1. The predicted molar refractivity (Wildman–Crippen MR) is 118 cm³/mol. The van der Waals surface area contributed by atoms with E-state index in [0.29, 0.717) is 0 Å². The molecule has 5 nitrogen and oxygen atoms in total. The van der Waals surface area contributed by atoms with Crippen molar-refractivity contribution >= 4 is 11.6 Å². The molecule has 1 aliphatic heterocycles. The van der Waals surface area contributed by atoms with Crippen LogP contribution in [0.25, 0.3) is 0 Å². The first-order valence-electron chi connectivity index (χ1n) is 10.5. The monoisotopic (exact) mass is 394 g/mol. The third-order valence-corrected chi connectivity index (χ3v) is 5.46. The zero-order valence-electron chi connectivity index (χ0n) is 17.6. The van der Waals surface area contributed by atoms with Crippen LogP contribution in [0, 0.1) is 31.6 Å². The van der Waals surface area contributed by atoms with E-state index in [1.165, 1.54) is 5.69 Å². The van der Waals surface area contributed by atoms with Crippen molar-refractivity contribution in [2.24, 2.45) is 0 Å². The Kier molecular flexibility index (Phi) is 8.41. The number of rotatable bonds is 9. The molecule has 0 spiro atoms. The number of allylic oxidation sites excluding steroid dienone is 1. The highest BCUT2D eigenvalue weighted by molar-refractivity contribution is 5.89. The molecule has 0 unspecified atom stereocenters. The van der Waals surface area contributed by atoms with Gasteiger partial charge in [0, 0.05) is 44.7 Å². The number of anilines is 1. The molecule has 5 radical (unpaired) electrons. The minimum atomic E-state index is -0.00544. The molecule has 29 heavy (non-hydrogen) atoms. The van der Waals surface area contributed by atoms with Gasteiger partial charge in [-0.05, 0) is 64.1 Å². The number of ether oxygens (including phenoxy) is 1. The quantitative estimate of drug-likeness (QED) is 0.516. The molecule has 0 atom stereocenters. The summed E-state index contributed by atoms with van der Waals surface area (Å²) in [4.78, 5) is 16.9. The third kappa shape index (κ3) is 6.49. The van der Waals surface area contributed by atoms with E-state index in [1.54, 1.807) is 13.2 Å². The van der Waals surface area contributed by atoms with Gasteiger partial charge >= 0.3 is 0 Å². The number of methoxy groups -OCH3 is 1. The smallest absolute Gasteiger partial charge is 0.243 e. The molecule has 1 aromatic rings. The zero-order valence-corrected chi connectivity index (χ0v) is 17.6. The summed E-state index contributed by atoms with van der Waals surface area (Å²) < 4.78 is 5.49. The molecule has 2 fully saturated rings. The van der Waals surface area contributed by atoms with E-state index in [0.717, 1.165) is 69.4 Å². The number of piperazine rings is 1. The molecule has 1 saturated carbocycles. The van der Waals surface area contributed by atoms with Gasteiger partial charge < -0.3 is 15.0 Å². The van der Waals surface area contributed by atoms with Crippen molar-refractivity contribution in [2.45, 2.75) is 19.8 Å². The molecule has 2 aliphatic rings. The van der Waals surface area contributed by atoms with E-state index in [2.05, 4.69) is 27.2 Å². The normalized spacial score (nSPS) is 18.8. The van der Waals surface area contributed by atoms with Gasteiger partial charge in [0.2, 0.25) is 5.91 Å². The number of unbranched alkanes of at least 4 members (excludes halogenated alkanes) is 1. The maximum Gasteiger partial charge on any atom is 0.243 e. The van der Waals surface area contributed by atoms with Crippen LogP contribution in [0.15, 0.2) is 35.9 Å². The lowest BCUT2D eigenvalue weighted by Gasteiger charge is -2.36. The van der Waals surface area contributed by atoms with Gasteiger partial charge in [-0.2, -0.15) is 0 Å². The summed E-state index contributed by atoms with van der Waals surface area (Å²) >= 11 is 0. The highest BCUT2D eigenvalue weighted by atomic mass is 16.5. The largest absolute Gasteiger partial charge is 0.495 e. The van der Waals surface area contributed by atoms with Gasteiger partial charge in [-0.3, -0.25) is 9.69 Å². The van der Waals surface area contributed by atoms with Gasteiger partial charge in [0.05, 0.1) is 12.8 Å². The Labute approximate surface area is 176 Å². The van der Waals surface area contributed by atoms with Gasteiger partial charge in [-0.1, -0.05) is 17.7 Å². The molecule has 3 rings (SSSR count). The van der Waals surface area contributed by atoms with Crippen LogP contribution in [0.1, 0.15) is 19.8 Å². The Morgan fingerprint density at radius 2 is 1.83 bits per heavy atom. The third-order valence-electron chi connectivity index (χ3n) is 5.46. The molecule has 1 amide bonds. The minimum absolute atomic E-state index is 0.00544. The van der Waals surface area contributed by atoms with Crippen LogP contribution >= 0.6 is 0 Å². The van der Waals surface area contributed by atoms with Crippen LogP contribution < -0.4 is 15.0 Å². The molecule has 1 heterocycles. The Balaban J connectivity index is 1.29. The van der Waals surface area contributed by atoms with Crippen molar-refractivity contribution < 1.29 is 9.53 Å². The summed E-state index contributed by atoms with van der Waals surface area (Å²) in [5.41, 5.74) is 2.18. The molecule has 1 saturated heterocycles. The predicted octanol–water partition coefficient (Wildman–Crippen LogP) is 3.07. The first kappa shape index (κ1) is 21.7. The fraction of sp³-hybridized carbons (Fsp3) is 0.417. The van der Waals surface area contributed by atoms with Gasteiger partial charge in [0.1, 0.15) is 5.75 Å². The Morgan fingerprint density at radius 3 is 2.55 bits per heavy atom. The van der Waals surface area contributed by atoms with Crippen molar-refractivity contribution in [1.82, 2.24) is 10.2 Å². The zero-order chi connectivity index (χ0) is 20.5. The van der Waals surface area contributed by atoms with Crippen LogP contribution in [0.5, 0.6) is 5.75 Å². The molecule has 5 heteroatoms. The van der Waals surface area contributed by atoms with Crippen molar-refractivity contribution in [3.05, 3.63) is 67.5 Å². The number of hydrogen-bond donors (Lipinski definition) is 1. The fourth-order valence-electron chi connectivity index (χ4n) is 3.74. The molecular formula is C24H32N3O2. The molecule has 1 aliphatic carbocycles. The topological polar surface area (TPSA) is 44.8 Å². The number of amides is 1. The van der Waals surface area contributed by atoms with Crippen LogP contribution in [-0.4, -0.2) is 57.2 Å². The lowest BCUT2D eigenvalue weighted by atomic mass is 9.99. The standard InChI is InChI=1S/C24H32N3O2/c1-20(21-9-3-4-10-21)19-24(28)25-13-7-8-14-26-15-17-27(18-16-26)22-11-5-6-12-23(22)29-2/h3-6,9-12,19H,7-8,13-18H2,1-2H3,(H,25,28)/b20-19+. The van der Waals surface area contributed by atoms with Gasteiger partial charge in [0.25, 0.3) is 0 Å². The Bertz CT molecular complexity index is 674.